The Kier molecular flexibility index (Phi) is 5.10. The zero-order valence-electron chi connectivity index (χ0n) is 17.0. The van der Waals surface area contributed by atoms with Crippen molar-refractivity contribution in [3.8, 4) is 5.69 Å². The molecule has 4 aromatic rings. The average Bonchev–Trinajstić information content (AvgIpc) is 2.75. The summed E-state index contributed by atoms with van der Waals surface area (Å²) in [7, 11) is 1.72. The molecule has 0 unspecified atom stereocenters. The lowest BCUT2D eigenvalue weighted by Crippen LogP contribution is -2.26. The first-order valence-electron chi connectivity index (χ1n) is 9.57. The number of hydrogen-bond donors (Lipinski definition) is 1. The number of anilines is 1. The Morgan fingerprint density at radius 1 is 1.00 bits per heavy atom. The van der Waals surface area contributed by atoms with Crippen molar-refractivity contribution in [2.24, 2.45) is 0 Å². The van der Waals surface area contributed by atoms with Crippen LogP contribution in [0.2, 0.25) is 0 Å². The lowest BCUT2D eigenvalue weighted by atomic mass is 10.1. The molecule has 0 aliphatic carbocycles. The van der Waals surface area contributed by atoms with Gasteiger partial charge in [-0.1, -0.05) is 30.3 Å². The summed E-state index contributed by atoms with van der Waals surface area (Å²) in [6, 6.07) is 20.2. The Labute approximate surface area is 179 Å². The van der Waals surface area contributed by atoms with Crippen LogP contribution in [-0.2, 0) is 0 Å². The van der Waals surface area contributed by atoms with Crippen molar-refractivity contribution in [2.75, 3.05) is 11.9 Å². The van der Waals surface area contributed by atoms with Crippen molar-refractivity contribution in [1.29, 1.82) is 0 Å². The van der Waals surface area contributed by atoms with Gasteiger partial charge in [-0.3, -0.25) is 14.2 Å². The summed E-state index contributed by atoms with van der Waals surface area (Å²) in [5.41, 5.74) is 4.43. The fourth-order valence-electron chi connectivity index (χ4n) is 3.51. The van der Waals surface area contributed by atoms with Gasteiger partial charge in [0.05, 0.1) is 16.6 Å². The fraction of sp³-hybridized carbons (Fsp3) is 0.125. The molecular formula is C24H21N3O2S. The molecule has 0 aliphatic heterocycles. The molecule has 0 bridgehead atoms. The van der Waals surface area contributed by atoms with E-state index in [1.54, 1.807) is 30.1 Å². The number of aromatic amines is 1. The smallest absolute Gasteiger partial charge is 0.266 e. The number of aryl methyl sites for hydroxylation is 1. The van der Waals surface area contributed by atoms with Gasteiger partial charge in [0.25, 0.3) is 11.5 Å². The molecule has 1 N–H and O–H groups in total. The highest BCUT2D eigenvalue weighted by Crippen LogP contribution is 2.20. The molecule has 150 valence electrons. The molecule has 0 radical (unpaired) electrons. The van der Waals surface area contributed by atoms with Gasteiger partial charge < -0.3 is 9.88 Å². The maximum Gasteiger partial charge on any atom is 0.266 e. The van der Waals surface area contributed by atoms with Crippen LogP contribution < -0.4 is 10.5 Å². The molecule has 4 rings (SSSR count). The minimum Gasteiger partial charge on any atom is -0.331 e. The molecule has 1 aromatic heterocycles. The summed E-state index contributed by atoms with van der Waals surface area (Å²) in [6.45, 7) is 3.97. The zero-order valence-corrected chi connectivity index (χ0v) is 17.8. The maximum atomic E-state index is 13.2. The van der Waals surface area contributed by atoms with Crippen LogP contribution in [0.3, 0.4) is 0 Å². The summed E-state index contributed by atoms with van der Waals surface area (Å²) >= 11 is 5.50. The topological polar surface area (TPSA) is 58.1 Å². The van der Waals surface area contributed by atoms with Gasteiger partial charge in [0, 0.05) is 18.3 Å². The predicted octanol–water partition coefficient (Wildman–Crippen LogP) is 4.94. The molecule has 6 heteroatoms. The van der Waals surface area contributed by atoms with Crippen LogP contribution in [0.4, 0.5) is 5.69 Å². The van der Waals surface area contributed by atoms with E-state index in [4.69, 9.17) is 12.2 Å². The SMILES string of the molecule is Cc1cccc(-n2c(=S)[nH]c3cc(C(=O)N(C)c4ccccc4)ccc3c2=O)c1C. The van der Waals surface area contributed by atoms with Gasteiger partial charge in [0.2, 0.25) is 0 Å². The summed E-state index contributed by atoms with van der Waals surface area (Å²) < 4.78 is 1.81. The second-order valence-electron chi connectivity index (χ2n) is 7.25. The van der Waals surface area contributed by atoms with E-state index in [9.17, 15) is 9.59 Å². The molecule has 1 amide bonds. The molecule has 0 fully saturated rings. The van der Waals surface area contributed by atoms with Crippen molar-refractivity contribution in [3.63, 3.8) is 0 Å². The van der Waals surface area contributed by atoms with Crippen LogP contribution in [0.1, 0.15) is 21.5 Å². The number of hydrogen-bond acceptors (Lipinski definition) is 3. The molecular weight excluding hydrogens is 394 g/mol. The van der Waals surface area contributed by atoms with E-state index in [0.717, 1.165) is 22.5 Å². The third-order valence-corrected chi connectivity index (χ3v) is 5.69. The van der Waals surface area contributed by atoms with Gasteiger partial charge in [-0.25, -0.2) is 0 Å². The van der Waals surface area contributed by atoms with Crippen molar-refractivity contribution < 1.29 is 4.79 Å². The quantitative estimate of drug-likeness (QED) is 0.482. The highest BCUT2D eigenvalue weighted by atomic mass is 32.1. The molecule has 30 heavy (non-hydrogen) atoms. The lowest BCUT2D eigenvalue weighted by molar-refractivity contribution is 0.0993. The van der Waals surface area contributed by atoms with Crippen LogP contribution >= 0.6 is 12.2 Å². The Balaban J connectivity index is 1.82. The average molecular weight is 416 g/mol. The number of rotatable bonds is 3. The number of nitrogens with zero attached hydrogens (tertiary/aromatic N) is 2. The number of nitrogens with one attached hydrogen (secondary N) is 1. The lowest BCUT2D eigenvalue weighted by Gasteiger charge is -2.18. The van der Waals surface area contributed by atoms with Gasteiger partial charge in [-0.2, -0.15) is 0 Å². The third kappa shape index (κ3) is 3.35. The largest absolute Gasteiger partial charge is 0.331 e. The minimum atomic E-state index is -0.210. The van der Waals surface area contributed by atoms with Crippen molar-refractivity contribution in [1.82, 2.24) is 9.55 Å². The van der Waals surface area contributed by atoms with E-state index in [2.05, 4.69) is 4.98 Å². The van der Waals surface area contributed by atoms with Gasteiger partial charge >= 0.3 is 0 Å². The molecule has 0 spiro atoms. The molecule has 0 saturated carbocycles. The van der Waals surface area contributed by atoms with E-state index in [1.165, 1.54) is 4.57 Å². The van der Waals surface area contributed by atoms with Crippen molar-refractivity contribution in [2.45, 2.75) is 13.8 Å². The number of para-hydroxylation sites is 1. The Morgan fingerprint density at radius 3 is 2.47 bits per heavy atom. The van der Waals surface area contributed by atoms with Gasteiger partial charge in [0.15, 0.2) is 4.77 Å². The number of H-pyrrole nitrogens is 1. The van der Waals surface area contributed by atoms with E-state index in [1.807, 2.05) is 62.4 Å². The maximum absolute atomic E-state index is 13.2. The summed E-state index contributed by atoms with van der Waals surface area (Å²) in [5, 5.41) is 0.475. The molecule has 5 nitrogen and oxygen atoms in total. The first-order chi connectivity index (χ1) is 14.4. The van der Waals surface area contributed by atoms with Crippen LogP contribution in [0, 0.1) is 18.6 Å². The van der Waals surface area contributed by atoms with Crippen molar-refractivity contribution >= 4 is 34.7 Å². The van der Waals surface area contributed by atoms with E-state index in [-0.39, 0.29) is 11.5 Å². The molecule has 0 atom stereocenters. The highest BCUT2D eigenvalue weighted by molar-refractivity contribution is 7.71. The second-order valence-corrected chi connectivity index (χ2v) is 7.64. The minimum absolute atomic E-state index is 0.166. The standard InChI is InChI=1S/C24H21N3O2S/c1-15-8-7-11-21(16(15)2)27-23(29)19-13-12-17(14-20(19)25-24(27)30)22(28)26(3)18-9-5-4-6-10-18/h4-14H,1-3H3,(H,25,30). The molecule has 1 heterocycles. The Bertz CT molecular complexity index is 1390. The van der Waals surface area contributed by atoms with Crippen molar-refractivity contribution in [3.05, 3.63) is 98.5 Å². The number of carbonyl (C=O) groups is 1. The number of benzene rings is 3. The first kappa shape index (κ1) is 19.8. The summed E-state index contributed by atoms with van der Waals surface area (Å²) in [4.78, 5) is 30.9. The van der Waals surface area contributed by atoms with E-state index >= 15 is 0 Å². The number of amides is 1. The Hall–Kier alpha value is -3.51. The zero-order chi connectivity index (χ0) is 21.4. The number of aromatic nitrogens is 2. The number of fused-ring (bicyclic) bond motifs is 1. The molecule has 0 saturated heterocycles. The van der Waals surface area contributed by atoms with Gasteiger partial charge in [-0.15, -0.1) is 0 Å². The second kappa shape index (κ2) is 7.72. The predicted molar refractivity (Wildman–Crippen MR) is 123 cm³/mol. The van der Waals surface area contributed by atoms with Crippen LogP contribution in [0.15, 0.2) is 71.5 Å². The monoisotopic (exact) mass is 415 g/mol. The van der Waals surface area contributed by atoms with E-state index < -0.39 is 0 Å². The molecule has 0 aliphatic rings. The molecule has 3 aromatic carbocycles. The van der Waals surface area contributed by atoms with Gasteiger partial charge in [0.1, 0.15) is 0 Å². The van der Waals surface area contributed by atoms with Crippen LogP contribution in [-0.4, -0.2) is 22.5 Å². The van der Waals surface area contributed by atoms with Gasteiger partial charge in [-0.05, 0) is 73.6 Å². The van der Waals surface area contributed by atoms with Crippen LogP contribution in [0.5, 0.6) is 0 Å². The summed E-state index contributed by atoms with van der Waals surface area (Å²) in [5.74, 6) is -0.166. The summed E-state index contributed by atoms with van der Waals surface area (Å²) in [6.07, 6.45) is 0. The first-order valence-corrected chi connectivity index (χ1v) is 9.98. The fourth-order valence-corrected chi connectivity index (χ4v) is 3.80. The Morgan fingerprint density at radius 2 is 1.73 bits per heavy atom. The third-order valence-electron chi connectivity index (χ3n) is 5.41. The highest BCUT2D eigenvalue weighted by Gasteiger charge is 2.16. The normalized spacial score (nSPS) is 10.9. The van der Waals surface area contributed by atoms with Crippen LogP contribution in [0.25, 0.3) is 16.6 Å². The van der Waals surface area contributed by atoms with E-state index in [0.29, 0.717) is 21.2 Å². The number of carbonyl (C=O) groups excluding carboxylic acids is 1.